The predicted molar refractivity (Wildman–Crippen MR) is 100.0 cm³/mol. The fourth-order valence-electron chi connectivity index (χ4n) is 4.21. The van der Waals surface area contributed by atoms with Gasteiger partial charge in [-0.25, -0.2) is 0 Å². The smallest absolute Gasteiger partial charge is 0.123 e. The summed E-state index contributed by atoms with van der Waals surface area (Å²) in [6, 6.07) is 8.30. The lowest BCUT2D eigenvalue weighted by atomic mass is 10.1. The minimum Gasteiger partial charge on any atom is -0.496 e. The van der Waals surface area contributed by atoms with E-state index in [0.717, 1.165) is 51.6 Å². The summed E-state index contributed by atoms with van der Waals surface area (Å²) >= 11 is 0. The van der Waals surface area contributed by atoms with Gasteiger partial charge >= 0.3 is 0 Å². The first-order valence-electron chi connectivity index (χ1n) is 9.37. The number of aryl methyl sites for hydroxylation is 1. The lowest BCUT2D eigenvalue weighted by Gasteiger charge is -2.23. The number of hydrogen-bond acceptors (Lipinski definition) is 5. The lowest BCUT2D eigenvalue weighted by molar-refractivity contribution is 0.0510. The molecule has 26 heavy (non-hydrogen) atoms. The van der Waals surface area contributed by atoms with E-state index in [2.05, 4.69) is 33.2 Å². The maximum Gasteiger partial charge on any atom is 0.123 e. The Labute approximate surface area is 155 Å². The fourth-order valence-corrected chi connectivity index (χ4v) is 4.21. The largest absolute Gasteiger partial charge is 0.496 e. The number of nitrogens with zero attached hydrogens (tertiary/aromatic N) is 4. The Morgan fingerprint density at radius 2 is 2.00 bits per heavy atom. The number of aromatic nitrogens is 2. The summed E-state index contributed by atoms with van der Waals surface area (Å²) in [5.74, 6) is 1.53. The van der Waals surface area contributed by atoms with Crippen molar-refractivity contribution in [3.8, 4) is 5.75 Å². The van der Waals surface area contributed by atoms with Gasteiger partial charge in [0.15, 0.2) is 0 Å². The Hall–Kier alpha value is -1.89. The molecule has 0 bridgehead atoms. The van der Waals surface area contributed by atoms with Crippen LogP contribution in [0.4, 0.5) is 0 Å². The average Bonchev–Trinajstić information content (AvgIpc) is 3.16. The molecule has 0 radical (unpaired) electrons. The molecule has 0 saturated carbocycles. The van der Waals surface area contributed by atoms with E-state index in [1.165, 1.54) is 11.1 Å². The Bertz CT molecular complexity index is 732. The first kappa shape index (κ1) is 17.5. The van der Waals surface area contributed by atoms with Crippen LogP contribution in [-0.4, -0.2) is 65.6 Å². The van der Waals surface area contributed by atoms with Crippen molar-refractivity contribution in [1.82, 2.24) is 19.6 Å². The van der Waals surface area contributed by atoms with E-state index in [4.69, 9.17) is 9.47 Å². The van der Waals surface area contributed by atoms with Gasteiger partial charge in [-0.1, -0.05) is 18.2 Å². The van der Waals surface area contributed by atoms with Crippen LogP contribution in [-0.2, 0) is 24.9 Å². The molecule has 4 rings (SSSR count). The molecule has 0 aliphatic carbocycles. The number of fused-ring (bicyclic) bond motifs is 1. The van der Waals surface area contributed by atoms with Crippen molar-refractivity contribution in [2.24, 2.45) is 13.0 Å². The quantitative estimate of drug-likeness (QED) is 0.817. The van der Waals surface area contributed by atoms with Gasteiger partial charge in [0.25, 0.3) is 0 Å². The average molecular weight is 356 g/mol. The molecule has 0 unspecified atom stereocenters. The summed E-state index contributed by atoms with van der Waals surface area (Å²) in [5, 5.41) is 4.29. The van der Waals surface area contributed by atoms with Crippen LogP contribution in [0.1, 0.15) is 11.1 Å². The van der Waals surface area contributed by atoms with Crippen molar-refractivity contribution >= 4 is 0 Å². The number of ether oxygens (including phenoxy) is 2. The standard InChI is InChI=1S/C20H28N4O2/c1-22-10-16(9-21-22)11-23-7-8-26-20-15-24(14-18(20)13-23)12-17-5-3-4-6-19(17)25-2/h3-6,9-10,18,20H,7-8,11-15H2,1-2H3/t18-,20+/m0/s1. The van der Waals surface area contributed by atoms with E-state index in [1.807, 2.05) is 30.1 Å². The van der Waals surface area contributed by atoms with E-state index in [0.29, 0.717) is 12.0 Å². The molecule has 2 atom stereocenters. The molecule has 2 fully saturated rings. The van der Waals surface area contributed by atoms with Gasteiger partial charge in [0.2, 0.25) is 0 Å². The van der Waals surface area contributed by atoms with Gasteiger partial charge < -0.3 is 9.47 Å². The maximum atomic E-state index is 6.19. The third-order valence-corrected chi connectivity index (χ3v) is 5.44. The van der Waals surface area contributed by atoms with E-state index >= 15 is 0 Å². The summed E-state index contributed by atoms with van der Waals surface area (Å²) in [6.07, 6.45) is 4.40. The molecular formula is C20H28N4O2. The Kier molecular flexibility index (Phi) is 5.24. The molecule has 6 nitrogen and oxygen atoms in total. The zero-order valence-electron chi connectivity index (χ0n) is 15.7. The first-order valence-corrected chi connectivity index (χ1v) is 9.37. The molecule has 6 heteroatoms. The van der Waals surface area contributed by atoms with E-state index in [1.54, 1.807) is 7.11 Å². The van der Waals surface area contributed by atoms with Gasteiger partial charge in [-0.05, 0) is 6.07 Å². The molecule has 1 aromatic heterocycles. The third-order valence-electron chi connectivity index (χ3n) is 5.44. The van der Waals surface area contributed by atoms with E-state index in [9.17, 15) is 0 Å². The number of hydrogen-bond donors (Lipinski definition) is 0. The topological polar surface area (TPSA) is 42.8 Å². The summed E-state index contributed by atoms with van der Waals surface area (Å²) in [6.45, 7) is 6.84. The molecule has 2 saturated heterocycles. The van der Waals surface area contributed by atoms with Crippen LogP contribution in [0, 0.1) is 5.92 Å². The normalized spacial score (nSPS) is 24.4. The second-order valence-electron chi connectivity index (χ2n) is 7.43. The molecule has 3 heterocycles. The molecule has 2 aliphatic heterocycles. The van der Waals surface area contributed by atoms with Crippen LogP contribution >= 0.6 is 0 Å². The van der Waals surface area contributed by atoms with Crippen molar-refractivity contribution in [1.29, 1.82) is 0 Å². The van der Waals surface area contributed by atoms with Gasteiger partial charge in [-0.15, -0.1) is 0 Å². The molecule has 2 aliphatic rings. The maximum absolute atomic E-state index is 6.19. The van der Waals surface area contributed by atoms with Crippen LogP contribution < -0.4 is 4.74 Å². The summed E-state index contributed by atoms with van der Waals surface area (Å²) in [4.78, 5) is 5.01. The number of methoxy groups -OCH3 is 1. The SMILES string of the molecule is COc1ccccc1CN1C[C@@H]2CN(Cc3cnn(C)c3)CCO[C@@H]2C1. The van der Waals surface area contributed by atoms with Crippen LogP contribution in [0.25, 0.3) is 0 Å². The molecule has 0 N–H and O–H groups in total. The van der Waals surface area contributed by atoms with Gasteiger partial charge in [-0.3, -0.25) is 14.5 Å². The molecule has 140 valence electrons. The zero-order chi connectivity index (χ0) is 17.9. The van der Waals surface area contributed by atoms with Crippen molar-refractivity contribution < 1.29 is 9.47 Å². The number of likely N-dealkylation sites (tertiary alicyclic amines) is 1. The predicted octanol–water partition coefficient (Wildman–Crippen LogP) is 1.76. The lowest BCUT2D eigenvalue weighted by Crippen LogP contribution is -2.32. The van der Waals surface area contributed by atoms with Gasteiger partial charge in [0.1, 0.15) is 5.75 Å². The highest BCUT2D eigenvalue weighted by molar-refractivity contribution is 5.33. The Morgan fingerprint density at radius 1 is 1.15 bits per heavy atom. The van der Waals surface area contributed by atoms with Crippen molar-refractivity contribution in [3.05, 3.63) is 47.8 Å². The Morgan fingerprint density at radius 3 is 2.81 bits per heavy atom. The summed E-state index contributed by atoms with van der Waals surface area (Å²) in [5.41, 5.74) is 2.52. The highest BCUT2D eigenvalue weighted by Crippen LogP contribution is 2.27. The van der Waals surface area contributed by atoms with Crippen LogP contribution in [0.15, 0.2) is 36.7 Å². The van der Waals surface area contributed by atoms with Gasteiger partial charge in [-0.2, -0.15) is 5.10 Å². The van der Waals surface area contributed by atoms with Crippen molar-refractivity contribution in [2.45, 2.75) is 19.2 Å². The van der Waals surface area contributed by atoms with Crippen LogP contribution in [0.5, 0.6) is 5.75 Å². The fraction of sp³-hybridized carbons (Fsp3) is 0.550. The Balaban J connectivity index is 1.38. The second kappa shape index (κ2) is 7.78. The first-order chi connectivity index (χ1) is 12.7. The molecule has 1 aromatic carbocycles. The second-order valence-corrected chi connectivity index (χ2v) is 7.43. The van der Waals surface area contributed by atoms with Crippen LogP contribution in [0.2, 0.25) is 0 Å². The van der Waals surface area contributed by atoms with E-state index < -0.39 is 0 Å². The van der Waals surface area contributed by atoms with Crippen molar-refractivity contribution in [3.63, 3.8) is 0 Å². The van der Waals surface area contributed by atoms with Crippen LogP contribution in [0.3, 0.4) is 0 Å². The minimum atomic E-state index is 0.337. The van der Waals surface area contributed by atoms with E-state index in [-0.39, 0.29) is 0 Å². The van der Waals surface area contributed by atoms with Gasteiger partial charge in [0, 0.05) is 69.6 Å². The molecule has 2 aromatic rings. The third kappa shape index (κ3) is 3.92. The summed E-state index contributed by atoms with van der Waals surface area (Å²) in [7, 11) is 3.71. The minimum absolute atomic E-state index is 0.337. The molecule has 0 amide bonds. The molecular weight excluding hydrogens is 328 g/mol. The monoisotopic (exact) mass is 356 g/mol. The number of benzene rings is 1. The number of rotatable bonds is 5. The molecule has 0 spiro atoms. The van der Waals surface area contributed by atoms with Gasteiger partial charge in [0.05, 0.1) is 26.0 Å². The highest BCUT2D eigenvalue weighted by atomic mass is 16.5. The number of para-hydroxylation sites is 1. The van der Waals surface area contributed by atoms with Crippen molar-refractivity contribution in [2.75, 3.05) is 39.9 Å². The highest BCUT2D eigenvalue weighted by Gasteiger charge is 2.36. The zero-order valence-corrected chi connectivity index (χ0v) is 15.7. The summed E-state index contributed by atoms with van der Waals surface area (Å²) < 4.78 is 13.6.